The van der Waals surface area contributed by atoms with E-state index in [0.29, 0.717) is 6.04 Å². The van der Waals surface area contributed by atoms with Gasteiger partial charge < -0.3 is 5.32 Å². The summed E-state index contributed by atoms with van der Waals surface area (Å²) >= 11 is 0. The molecule has 0 heterocycles. The summed E-state index contributed by atoms with van der Waals surface area (Å²) in [5, 5.41) is 3.40. The van der Waals surface area contributed by atoms with Gasteiger partial charge in [0.25, 0.3) is 0 Å². The van der Waals surface area contributed by atoms with E-state index in [1.54, 1.807) is 0 Å². The van der Waals surface area contributed by atoms with Gasteiger partial charge in [-0.05, 0) is 25.3 Å². The maximum Gasteiger partial charge on any atom is 0.0243 e. The molecule has 0 aliphatic heterocycles. The third kappa shape index (κ3) is 2.04. The first-order valence-electron chi connectivity index (χ1n) is 4.05. The normalized spacial score (nSPS) is 20.0. The fourth-order valence-corrected chi connectivity index (χ4v) is 1.29. The summed E-state index contributed by atoms with van der Waals surface area (Å²) in [4.78, 5) is 0. The van der Waals surface area contributed by atoms with Crippen LogP contribution >= 0.6 is 0 Å². The Hall–Kier alpha value is -0.480. The molecule has 1 rings (SSSR count). The third-order valence-electron chi connectivity index (χ3n) is 2.00. The summed E-state index contributed by atoms with van der Waals surface area (Å²) in [5.41, 5.74) is 0. The first-order valence-corrected chi connectivity index (χ1v) is 4.05. The molecule has 1 aliphatic carbocycles. The largest absolute Gasteiger partial charge is 0.313 e. The molecule has 0 spiro atoms. The standard InChI is InChI=1S/C9H15N/c1-3-5-9(10-4-2)8-6-7-8/h1,8-10H,4-7H2,2H3. The number of terminal acetylenes is 1. The van der Waals surface area contributed by atoms with Crippen LogP contribution in [0.1, 0.15) is 26.2 Å². The lowest BCUT2D eigenvalue weighted by atomic mass is 10.1. The minimum absolute atomic E-state index is 0.606. The summed E-state index contributed by atoms with van der Waals surface area (Å²) in [6.45, 7) is 3.18. The van der Waals surface area contributed by atoms with Crippen LogP contribution in [0.2, 0.25) is 0 Å². The zero-order valence-electron chi connectivity index (χ0n) is 6.56. The zero-order chi connectivity index (χ0) is 7.40. The maximum absolute atomic E-state index is 5.24. The third-order valence-corrected chi connectivity index (χ3v) is 2.00. The van der Waals surface area contributed by atoms with Crippen molar-refractivity contribution in [2.75, 3.05) is 6.54 Å². The number of rotatable bonds is 4. The minimum Gasteiger partial charge on any atom is -0.313 e. The summed E-state index contributed by atoms with van der Waals surface area (Å²) in [6.07, 6.45) is 8.89. The molecule has 1 atom stereocenters. The van der Waals surface area contributed by atoms with Crippen LogP contribution in [0.5, 0.6) is 0 Å². The molecule has 1 fully saturated rings. The predicted molar refractivity (Wildman–Crippen MR) is 43.6 cm³/mol. The van der Waals surface area contributed by atoms with Gasteiger partial charge in [0, 0.05) is 12.5 Å². The zero-order valence-corrected chi connectivity index (χ0v) is 6.56. The van der Waals surface area contributed by atoms with Crippen molar-refractivity contribution in [3.63, 3.8) is 0 Å². The lowest BCUT2D eigenvalue weighted by Crippen LogP contribution is -2.30. The van der Waals surface area contributed by atoms with Crippen molar-refractivity contribution < 1.29 is 0 Å². The van der Waals surface area contributed by atoms with E-state index in [0.717, 1.165) is 18.9 Å². The Balaban J connectivity index is 2.21. The molecule has 1 nitrogen and oxygen atoms in total. The van der Waals surface area contributed by atoms with E-state index in [1.807, 2.05) is 0 Å². The van der Waals surface area contributed by atoms with Gasteiger partial charge in [0.05, 0.1) is 0 Å². The van der Waals surface area contributed by atoms with Crippen LogP contribution in [0.25, 0.3) is 0 Å². The molecule has 0 aromatic rings. The molecular weight excluding hydrogens is 122 g/mol. The van der Waals surface area contributed by atoms with Gasteiger partial charge in [0.2, 0.25) is 0 Å². The molecule has 0 bridgehead atoms. The highest BCUT2D eigenvalue weighted by atomic mass is 14.9. The highest BCUT2D eigenvalue weighted by molar-refractivity contribution is 4.96. The van der Waals surface area contributed by atoms with Crippen LogP contribution in [-0.4, -0.2) is 12.6 Å². The Bertz CT molecular complexity index is 130. The second-order valence-electron chi connectivity index (χ2n) is 2.91. The molecule has 1 saturated carbocycles. The van der Waals surface area contributed by atoms with Gasteiger partial charge in [0.1, 0.15) is 0 Å². The van der Waals surface area contributed by atoms with Crippen LogP contribution in [0.3, 0.4) is 0 Å². The second-order valence-corrected chi connectivity index (χ2v) is 2.91. The Morgan fingerprint density at radius 1 is 1.70 bits per heavy atom. The predicted octanol–water partition coefficient (Wildman–Crippen LogP) is 1.40. The summed E-state index contributed by atoms with van der Waals surface area (Å²) in [5.74, 6) is 3.60. The van der Waals surface area contributed by atoms with Crippen molar-refractivity contribution in [3.8, 4) is 12.3 Å². The fourth-order valence-electron chi connectivity index (χ4n) is 1.29. The van der Waals surface area contributed by atoms with E-state index < -0.39 is 0 Å². The molecule has 0 saturated heterocycles. The van der Waals surface area contributed by atoms with Crippen molar-refractivity contribution in [2.45, 2.75) is 32.2 Å². The van der Waals surface area contributed by atoms with Gasteiger partial charge in [-0.3, -0.25) is 0 Å². The van der Waals surface area contributed by atoms with Gasteiger partial charge in [-0.15, -0.1) is 12.3 Å². The van der Waals surface area contributed by atoms with Gasteiger partial charge >= 0.3 is 0 Å². The van der Waals surface area contributed by atoms with E-state index >= 15 is 0 Å². The molecule has 0 radical (unpaired) electrons. The maximum atomic E-state index is 5.24. The quantitative estimate of drug-likeness (QED) is 0.577. The average molecular weight is 137 g/mol. The highest BCUT2D eigenvalue weighted by Gasteiger charge is 2.29. The Morgan fingerprint density at radius 2 is 2.40 bits per heavy atom. The van der Waals surface area contributed by atoms with Gasteiger partial charge in [-0.2, -0.15) is 0 Å². The van der Waals surface area contributed by atoms with Crippen LogP contribution in [-0.2, 0) is 0 Å². The molecule has 0 aromatic heterocycles. The van der Waals surface area contributed by atoms with Crippen LogP contribution in [0, 0.1) is 18.3 Å². The van der Waals surface area contributed by atoms with Crippen molar-refractivity contribution in [1.82, 2.24) is 5.32 Å². The molecule has 1 N–H and O–H groups in total. The van der Waals surface area contributed by atoms with Crippen molar-refractivity contribution in [3.05, 3.63) is 0 Å². The topological polar surface area (TPSA) is 12.0 Å². The molecule has 0 amide bonds. The smallest absolute Gasteiger partial charge is 0.0243 e. The molecule has 10 heavy (non-hydrogen) atoms. The van der Waals surface area contributed by atoms with E-state index in [1.165, 1.54) is 12.8 Å². The van der Waals surface area contributed by atoms with Gasteiger partial charge in [0.15, 0.2) is 0 Å². The van der Waals surface area contributed by atoms with Crippen molar-refractivity contribution in [2.24, 2.45) is 5.92 Å². The van der Waals surface area contributed by atoms with E-state index in [2.05, 4.69) is 18.2 Å². The van der Waals surface area contributed by atoms with E-state index in [-0.39, 0.29) is 0 Å². The summed E-state index contributed by atoms with van der Waals surface area (Å²) < 4.78 is 0. The number of hydrogen-bond acceptors (Lipinski definition) is 1. The van der Waals surface area contributed by atoms with E-state index in [4.69, 9.17) is 6.42 Å². The lowest BCUT2D eigenvalue weighted by Gasteiger charge is -2.12. The Kier molecular flexibility index (Phi) is 2.77. The first-order chi connectivity index (χ1) is 4.88. The first kappa shape index (κ1) is 7.63. The van der Waals surface area contributed by atoms with Crippen molar-refractivity contribution in [1.29, 1.82) is 0 Å². The number of hydrogen-bond donors (Lipinski definition) is 1. The van der Waals surface area contributed by atoms with E-state index in [9.17, 15) is 0 Å². The highest BCUT2D eigenvalue weighted by Crippen LogP contribution is 2.33. The fraction of sp³-hybridized carbons (Fsp3) is 0.778. The SMILES string of the molecule is C#CCC(NCC)C1CC1. The molecule has 1 heteroatoms. The monoisotopic (exact) mass is 137 g/mol. The molecule has 1 aliphatic rings. The summed E-state index contributed by atoms with van der Waals surface area (Å²) in [6, 6.07) is 0.606. The second kappa shape index (κ2) is 3.63. The minimum atomic E-state index is 0.606. The molecular formula is C9H15N. The van der Waals surface area contributed by atoms with Crippen LogP contribution < -0.4 is 5.32 Å². The Labute approximate surface area is 63.2 Å². The lowest BCUT2D eigenvalue weighted by molar-refractivity contribution is 0.485. The molecule has 0 aromatic carbocycles. The summed E-state index contributed by atoms with van der Waals surface area (Å²) in [7, 11) is 0. The molecule has 56 valence electrons. The van der Waals surface area contributed by atoms with Crippen LogP contribution in [0.15, 0.2) is 0 Å². The Morgan fingerprint density at radius 3 is 2.80 bits per heavy atom. The van der Waals surface area contributed by atoms with Crippen molar-refractivity contribution >= 4 is 0 Å². The number of nitrogens with one attached hydrogen (secondary N) is 1. The average Bonchev–Trinajstić information content (AvgIpc) is 2.69. The molecule has 1 unspecified atom stereocenters. The van der Waals surface area contributed by atoms with Gasteiger partial charge in [-0.1, -0.05) is 6.92 Å². The van der Waals surface area contributed by atoms with Gasteiger partial charge in [-0.25, -0.2) is 0 Å². The van der Waals surface area contributed by atoms with Crippen LogP contribution in [0.4, 0.5) is 0 Å².